The number of hydrogen-bond donors (Lipinski definition) is 0. The first-order valence-electron chi connectivity index (χ1n) is 10.2. The molecule has 0 aliphatic carbocycles. The van der Waals surface area contributed by atoms with Crippen LogP contribution >= 0.6 is 0 Å². The van der Waals surface area contributed by atoms with Gasteiger partial charge in [0.1, 0.15) is 17.4 Å². The number of carbonyl (C=O) groups excluding carboxylic acids is 1. The molecule has 0 aliphatic rings. The van der Waals surface area contributed by atoms with Gasteiger partial charge in [0.15, 0.2) is 0 Å². The zero-order chi connectivity index (χ0) is 21.9. The van der Waals surface area contributed by atoms with Crippen molar-refractivity contribution < 1.29 is 13.9 Å². The molecule has 0 bridgehead atoms. The van der Waals surface area contributed by atoms with Crippen molar-refractivity contribution in [2.45, 2.75) is 6.54 Å². The first kappa shape index (κ1) is 19.7. The summed E-state index contributed by atoms with van der Waals surface area (Å²) in [5, 5.41) is 0. The number of benzene rings is 4. The van der Waals surface area contributed by atoms with Crippen molar-refractivity contribution in [1.29, 1.82) is 0 Å². The van der Waals surface area contributed by atoms with Crippen LogP contribution in [-0.2, 0) is 6.54 Å². The molecule has 1 aromatic heterocycles. The van der Waals surface area contributed by atoms with Crippen molar-refractivity contribution in [3.05, 3.63) is 120 Å². The fourth-order valence-electron chi connectivity index (χ4n) is 3.65. The predicted octanol–water partition coefficient (Wildman–Crippen LogP) is 6.11. The van der Waals surface area contributed by atoms with Crippen LogP contribution in [0.5, 0.6) is 5.75 Å². The molecule has 0 spiro atoms. The number of imidazole rings is 1. The van der Waals surface area contributed by atoms with Gasteiger partial charge in [-0.05, 0) is 66.2 Å². The molecule has 0 saturated carbocycles. The zero-order valence-electron chi connectivity index (χ0n) is 17.1. The van der Waals surface area contributed by atoms with Crippen LogP contribution in [-0.4, -0.2) is 15.5 Å². The molecule has 32 heavy (non-hydrogen) atoms. The highest BCUT2D eigenvalue weighted by Crippen LogP contribution is 2.27. The second kappa shape index (κ2) is 8.47. The predicted molar refractivity (Wildman–Crippen MR) is 122 cm³/mol. The number of ether oxygens (including phenoxy) is 1. The molecule has 1 heterocycles. The van der Waals surface area contributed by atoms with Gasteiger partial charge < -0.3 is 9.30 Å². The fraction of sp³-hybridized carbons (Fsp3) is 0.0370. The standard InChI is InChI=1S/C27H19FN2O2/c28-22-14-10-21(11-15-22)27(31)32-23-16-12-20(13-17-23)26-29-24-8-4-5-9-25(24)30(26)18-19-6-2-1-3-7-19/h1-17H,18H2. The van der Waals surface area contributed by atoms with E-state index in [4.69, 9.17) is 9.72 Å². The van der Waals surface area contributed by atoms with E-state index >= 15 is 0 Å². The van der Waals surface area contributed by atoms with Crippen molar-refractivity contribution >= 4 is 17.0 Å². The summed E-state index contributed by atoms with van der Waals surface area (Å²) in [6, 6.07) is 30.8. The molecule has 156 valence electrons. The van der Waals surface area contributed by atoms with Crippen LogP contribution in [0.2, 0.25) is 0 Å². The third-order valence-electron chi connectivity index (χ3n) is 5.24. The Hall–Kier alpha value is -4.25. The molecule has 0 amide bonds. The summed E-state index contributed by atoms with van der Waals surface area (Å²) < 4.78 is 20.7. The van der Waals surface area contributed by atoms with Crippen molar-refractivity contribution in [3.63, 3.8) is 0 Å². The number of rotatable bonds is 5. The van der Waals surface area contributed by atoms with Crippen LogP contribution in [0.3, 0.4) is 0 Å². The molecular formula is C27H19FN2O2. The molecule has 0 atom stereocenters. The minimum atomic E-state index is -0.533. The molecular weight excluding hydrogens is 403 g/mol. The maximum Gasteiger partial charge on any atom is 0.343 e. The number of hydrogen-bond acceptors (Lipinski definition) is 3. The summed E-state index contributed by atoms with van der Waals surface area (Å²) in [5.41, 5.74) is 4.36. The second-order valence-electron chi connectivity index (χ2n) is 7.42. The van der Waals surface area contributed by atoms with Gasteiger partial charge in [-0.15, -0.1) is 0 Å². The molecule has 5 heteroatoms. The molecule has 5 rings (SSSR count). The second-order valence-corrected chi connectivity index (χ2v) is 7.42. The summed E-state index contributed by atoms with van der Waals surface area (Å²) in [5.74, 6) is 0.318. The Morgan fingerprint density at radius 3 is 2.25 bits per heavy atom. The molecule has 4 nitrogen and oxygen atoms in total. The van der Waals surface area contributed by atoms with Gasteiger partial charge >= 0.3 is 5.97 Å². The molecule has 0 N–H and O–H groups in total. The summed E-state index contributed by atoms with van der Waals surface area (Å²) >= 11 is 0. The number of carbonyl (C=O) groups is 1. The molecule has 0 radical (unpaired) electrons. The van der Waals surface area contributed by atoms with Gasteiger partial charge in [0, 0.05) is 12.1 Å². The molecule has 0 unspecified atom stereocenters. The maximum atomic E-state index is 13.1. The molecule has 5 aromatic rings. The van der Waals surface area contributed by atoms with E-state index in [1.54, 1.807) is 12.1 Å². The van der Waals surface area contributed by atoms with Crippen LogP contribution in [0.25, 0.3) is 22.4 Å². The Bertz CT molecular complexity index is 1380. The van der Waals surface area contributed by atoms with Gasteiger partial charge in [-0.2, -0.15) is 0 Å². The smallest absolute Gasteiger partial charge is 0.343 e. The number of aromatic nitrogens is 2. The topological polar surface area (TPSA) is 44.1 Å². The average molecular weight is 422 g/mol. The maximum absolute atomic E-state index is 13.1. The van der Waals surface area contributed by atoms with Crippen LogP contribution in [0.15, 0.2) is 103 Å². The lowest BCUT2D eigenvalue weighted by Gasteiger charge is -2.10. The minimum absolute atomic E-state index is 0.292. The van der Waals surface area contributed by atoms with Crippen molar-refractivity contribution in [1.82, 2.24) is 9.55 Å². The van der Waals surface area contributed by atoms with Crippen molar-refractivity contribution in [3.8, 4) is 17.1 Å². The van der Waals surface area contributed by atoms with Crippen LogP contribution in [0.4, 0.5) is 4.39 Å². The normalized spacial score (nSPS) is 10.9. The van der Waals surface area contributed by atoms with Gasteiger partial charge in [-0.1, -0.05) is 42.5 Å². The summed E-state index contributed by atoms with van der Waals surface area (Å²) in [6.07, 6.45) is 0. The highest BCUT2D eigenvalue weighted by Gasteiger charge is 2.14. The zero-order valence-corrected chi connectivity index (χ0v) is 17.1. The minimum Gasteiger partial charge on any atom is -0.423 e. The number of halogens is 1. The fourth-order valence-corrected chi connectivity index (χ4v) is 3.65. The average Bonchev–Trinajstić information content (AvgIpc) is 3.19. The lowest BCUT2D eigenvalue weighted by atomic mass is 10.2. The highest BCUT2D eigenvalue weighted by atomic mass is 19.1. The Balaban J connectivity index is 1.44. The SMILES string of the molecule is O=C(Oc1ccc(-c2nc3ccccc3n2Cc2ccccc2)cc1)c1ccc(F)cc1. The van der Waals surface area contributed by atoms with Crippen LogP contribution < -0.4 is 4.74 Å². The Morgan fingerprint density at radius 2 is 1.50 bits per heavy atom. The van der Waals surface area contributed by atoms with Gasteiger partial charge in [0.2, 0.25) is 0 Å². The summed E-state index contributed by atoms with van der Waals surface area (Å²) in [7, 11) is 0. The number of para-hydroxylation sites is 2. The molecule has 0 saturated heterocycles. The first-order valence-corrected chi connectivity index (χ1v) is 10.2. The Labute approximate surface area is 184 Å². The first-order chi connectivity index (χ1) is 15.7. The molecule has 4 aromatic carbocycles. The molecule has 0 aliphatic heterocycles. The van der Waals surface area contributed by atoms with E-state index in [9.17, 15) is 9.18 Å². The van der Waals surface area contributed by atoms with E-state index < -0.39 is 11.8 Å². The monoisotopic (exact) mass is 422 g/mol. The quantitative estimate of drug-likeness (QED) is 0.254. The van der Waals surface area contributed by atoms with Crippen LogP contribution in [0, 0.1) is 5.82 Å². The van der Waals surface area contributed by atoms with Crippen molar-refractivity contribution in [2.75, 3.05) is 0 Å². The lowest BCUT2D eigenvalue weighted by molar-refractivity contribution is 0.0734. The van der Waals surface area contributed by atoms with E-state index in [1.807, 2.05) is 48.5 Å². The van der Waals surface area contributed by atoms with Crippen LogP contribution in [0.1, 0.15) is 15.9 Å². The third kappa shape index (κ3) is 4.01. The van der Waals surface area contributed by atoms with Gasteiger partial charge in [-0.25, -0.2) is 14.2 Å². The largest absolute Gasteiger partial charge is 0.423 e. The number of esters is 1. The number of nitrogens with zero attached hydrogens (tertiary/aromatic N) is 2. The summed E-state index contributed by atoms with van der Waals surface area (Å²) in [4.78, 5) is 17.1. The van der Waals surface area contributed by atoms with E-state index in [0.717, 1.165) is 22.4 Å². The summed E-state index contributed by atoms with van der Waals surface area (Å²) in [6.45, 7) is 0.692. The van der Waals surface area contributed by atoms with Gasteiger partial charge in [0.05, 0.1) is 16.6 Å². The van der Waals surface area contributed by atoms with E-state index in [2.05, 4.69) is 22.8 Å². The van der Waals surface area contributed by atoms with Gasteiger partial charge in [-0.3, -0.25) is 0 Å². The van der Waals surface area contributed by atoms with E-state index in [1.165, 1.54) is 29.8 Å². The molecule has 0 fully saturated rings. The van der Waals surface area contributed by atoms with E-state index in [-0.39, 0.29) is 0 Å². The van der Waals surface area contributed by atoms with E-state index in [0.29, 0.717) is 17.9 Å². The highest BCUT2D eigenvalue weighted by molar-refractivity contribution is 5.91. The Morgan fingerprint density at radius 1 is 0.812 bits per heavy atom. The van der Waals surface area contributed by atoms with Gasteiger partial charge in [0.25, 0.3) is 0 Å². The lowest BCUT2D eigenvalue weighted by Crippen LogP contribution is -2.08. The van der Waals surface area contributed by atoms with Crippen molar-refractivity contribution in [2.24, 2.45) is 0 Å². The third-order valence-corrected chi connectivity index (χ3v) is 5.24. The number of fused-ring (bicyclic) bond motifs is 1. The Kier molecular flexibility index (Phi) is 5.22.